The number of imide groups is 1. The molecule has 1 aromatic carbocycles. The molecule has 3 amide bonds. The average Bonchev–Trinajstić information content (AvgIpc) is 3.14. The average molecular weight is 448 g/mol. The smallest absolute Gasteiger partial charge is 0.255 e. The highest BCUT2D eigenvalue weighted by molar-refractivity contribution is 6.05. The van der Waals surface area contributed by atoms with Crippen molar-refractivity contribution in [2.45, 2.75) is 70.1 Å². The molecule has 1 aromatic heterocycles. The van der Waals surface area contributed by atoms with Crippen molar-refractivity contribution in [1.29, 1.82) is 0 Å². The maximum atomic E-state index is 12.9. The van der Waals surface area contributed by atoms with Crippen molar-refractivity contribution in [3.8, 4) is 0 Å². The lowest BCUT2D eigenvalue weighted by Gasteiger charge is -2.32. The number of nitrogens with one attached hydrogen (secondary N) is 2. The van der Waals surface area contributed by atoms with E-state index in [9.17, 15) is 14.4 Å². The molecule has 1 saturated heterocycles. The summed E-state index contributed by atoms with van der Waals surface area (Å²) in [5.41, 5.74) is 3.82. The maximum absolute atomic E-state index is 12.9. The van der Waals surface area contributed by atoms with Crippen molar-refractivity contribution >= 4 is 17.7 Å². The Balaban J connectivity index is 1.25. The third kappa shape index (κ3) is 4.66. The van der Waals surface area contributed by atoms with Crippen molar-refractivity contribution in [3.63, 3.8) is 0 Å². The van der Waals surface area contributed by atoms with Gasteiger partial charge in [-0.1, -0.05) is 25.0 Å². The van der Waals surface area contributed by atoms with Crippen LogP contribution in [0.4, 0.5) is 0 Å². The van der Waals surface area contributed by atoms with Crippen LogP contribution >= 0.6 is 0 Å². The quantitative estimate of drug-likeness (QED) is 0.658. The molecule has 0 radical (unpaired) electrons. The zero-order chi connectivity index (χ0) is 22.8. The van der Waals surface area contributed by atoms with Gasteiger partial charge >= 0.3 is 0 Å². The molecule has 2 aromatic rings. The number of fused-ring (bicyclic) bond motifs is 1. The first-order valence-corrected chi connectivity index (χ1v) is 11.8. The van der Waals surface area contributed by atoms with Crippen molar-refractivity contribution < 1.29 is 14.4 Å². The molecule has 0 bridgehead atoms. The minimum absolute atomic E-state index is 0.118. The number of amides is 3. The van der Waals surface area contributed by atoms with Crippen molar-refractivity contribution in [3.05, 3.63) is 59.2 Å². The van der Waals surface area contributed by atoms with Gasteiger partial charge in [0.1, 0.15) is 6.04 Å². The van der Waals surface area contributed by atoms with Crippen LogP contribution in [0.25, 0.3) is 0 Å². The predicted octanol–water partition coefficient (Wildman–Crippen LogP) is 2.13. The van der Waals surface area contributed by atoms with Gasteiger partial charge < -0.3 is 10.2 Å². The van der Waals surface area contributed by atoms with Crippen LogP contribution in [0.2, 0.25) is 0 Å². The summed E-state index contributed by atoms with van der Waals surface area (Å²) < 4.78 is 0. The van der Waals surface area contributed by atoms with Crippen LogP contribution in [0.3, 0.4) is 0 Å². The fourth-order valence-electron chi connectivity index (χ4n) is 5.44. The fourth-order valence-corrected chi connectivity index (χ4v) is 5.44. The van der Waals surface area contributed by atoms with Gasteiger partial charge in [0, 0.05) is 49.7 Å². The first kappa shape index (κ1) is 21.7. The third-order valence-electron chi connectivity index (χ3n) is 7.16. The van der Waals surface area contributed by atoms with Gasteiger partial charge in [0.15, 0.2) is 0 Å². The molecular formula is C25H29N5O3. The lowest BCUT2D eigenvalue weighted by molar-refractivity contribution is -0.136. The molecule has 1 saturated carbocycles. The Morgan fingerprint density at radius 1 is 1.09 bits per heavy atom. The van der Waals surface area contributed by atoms with Crippen LogP contribution in [0, 0.1) is 5.92 Å². The molecule has 2 aliphatic heterocycles. The Labute approximate surface area is 193 Å². The minimum Gasteiger partial charge on any atom is -0.322 e. The number of aromatic nitrogens is 2. The van der Waals surface area contributed by atoms with Gasteiger partial charge in [-0.3, -0.25) is 29.7 Å². The standard InChI is InChI=1S/C25H29N5O3/c31-23-8-7-22(24(32)29-23)30-15-18-12-16(5-6-20(18)25(30)33)11-17-3-1-2-4-21(17)28-14-19-13-26-9-10-27-19/h5-6,9-10,12-13,17,21-22,28H,1-4,7-8,11,14-15H2,(H,29,31,32)/t17-,21+,22?/m1/s1. The van der Waals surface area contributed by atoms with Crippen LogP contribution < -0.4 is 10.6 Å². The summed E-state index contributed by atoms with van der Waals surface area (Å²) in [6.07, 6.45) is 11.6. The van der Waals surface area contributed by atoms with E-state index in [0.29, 0.717) is 37.0 Å². The SMILES string of the molecule is O=C1CCC(N2Cc3cc(C[C@H]4CCCC[C@@H]4NCc4cnccn4)ccc3C2=O)C(=O)N1. The molecule has 2 N–H and O–H groups in total. The number of nitrogens with zero attached hydrogens (tertiary/aromatic N) is 3. The highest BCUT2D eigenvalue weighted by Crippen LogP contribution is 2.31. The first-order chi connectivity index (χ1) is 16.1. The van der Waals surface area contributed by atoms with E-state index < -0.39 is 6.04 Å². The summed E-state index contributed by atoms with van der Waals surface area (Å²) in [6, 6.07) is 5.95. The Kier molecular flexibility index (Phi) is 6.17. The second-order valence-corrected chi connectivity index (χ2v) is 9.32. The summed E-state index contributed by atoms with van der Waals surface area (Å²) in [4.78, 5) is 46.8. The fraction of sp³-hybridized carbons (Fsp3) is 0.480. The molecule has 1 unspecified atom stereocenters. The van der Waals surface area contributed by atoms with Gasteiger partial charge in [-0.05, 0) is 48.8 Å². The lowest BCUT2D eigenvalue weighted by atomic mass is 9.80. The monoisotopic (exact) mass is 447 g/mol. The number of carbonyl (C=O) groups excluding carboxylic acids is 3. The minimum atomic E-state index is -0.570. The Morgan fingerprint density at radius 2 is 1.97 bits per heavy atom. The van der Waals surface area contributed by atoms with Crippen molar-refractivity contribution in [1.82, 2.24) is 25.5 Å². The number of piperidine rings is 1. The maximum Gasteiger partial charge on any atom is 0.255 e. The number of carbonyl (C=O) groups is 3. The molecule has 2 fully saturated rings. The molecule has 1 aliphatic carbocycles. The topological polar surface area (TPSA) is 104 Å². The molecule has 33 heavy (non-hydrogen) atoms. The summed E-state index contributed by atoms with van der Waals surface area (Å²) in [7, 11) is 0. The van der Waals surface area contributed by atoms with Gasteiger partial charge in [-0.15, -0.1) is 0 Å². The molecule has 3 atom stereocenters. The van der Waals surface area contributed by atoms with Crippen LogP contribution in [0.15, 0.2) is 36.8 Å². The molecule has 5 rings (SSSR count). The number of hydrogen-bond acceptors (Lipinski definition) is 6. The zero-order valence-electron chi connectivity index (χ0n) is 18.6. The molecule has 3 aliphatic rings. The summed E-state index contributed by atoms with van der Waals surface area (Å²) in [5.74, 6) is -0.228. The zero-order valence-corrected chi connectivity index (χ0v) is 18.6. The van der Waals surface area contributed by atoms with E-state index in [1.165, 1.54) is 24.8 Å². The summed E-state index contributed by atoms with van der Waals surface area (Å²) >= 11 is 0. The van der Waals surface area contributed by atoms with Gasteiger partial charge in [0.05, 0.1) is 5.69 Å². The van der Waals surface area contributed by atoms with Gasteiger partial charge in [0.2, 0.25) is 11.8 Å². The molecule has 8 nitrogen and oxygen atoms in total. The van der Waals surface area contributed by atoms with E-state index in [4.69, 9.17) is 0 Å². The van der Waals surface area contributed by atoms with Crippen molar-refractivity contribution in [2.75, 3.05) is 0 Å². The predicted molar refractivity (Wildman–Crippen MR) is 121 cm³/mol. The van der Waals surface area contributed by atoms with Gasteiger partial charge in [-0.2, -0.15) is 0 Å². The molecular weight excluding hydrogens is 418 g/mol. The van der Waals surface area contributed by atoms with Crippen LogP contribution in [0.5, 0.6) is 0 Å². The van der Waals surface area contributed by atoms with Gasteiger partial charge in [0.25, 0.3) is 5.91 Å². The molecule has 0 spiro atoms. The highest BCUT2D eigenvalue weighted by atomic mass is 16.2. The van der Waals surface area contributed by atoms with Crippen LogP contribution in [-0.2, 0) is 29.1 Å². The lowest BCUT2D eigenvalue weighted by Crippen LogP contribution is -2.52. The first-order valence-electron chi connectivity index (χ1n) is 11.8. The number of rotatable bonds is 6. The third-order valence-corrected chi connectivity index (χ3v) is 7.16. The van der Waals surface area contributed by atoms with Crippen LogP contribution in [0.1, 0.15) is 65.7 Å². The normalized spacial score (nSPS) is 25.2. The molecule has 3 heterocycles. The number of benzene rings is 1. The Bertz CT molecular complexity index is 1060. The Hall–Kier alpha value is -3.13. The Morgan fingerprint density at radius 3 is 2.79 bits per heavy atom. The largest absolute Gasteiger partial charge is 0.322 e. The van der Waals surface area contributed by atoms with E-state index in [0.717, 1.165) is 24.1 Å². The summed E-state index contributed by atoms with van der Waals surface area (Å²) in [5, 5.41) is 6.05. The van der Waals surface area contributed by atoms with E-state index in [1.54, 1.807) is 23.5 Å². The van der Waals surface area contributed by atoms with Crippen LogP contribution in [-0.4, -0.2) is 44.7 Å². The number of hydrogen-bond donors (Lipinski definition) is 2. The van der Waals surface area contributed by atoms with Gasteiger partial charge in [-0.25, -0.2) is 0 Å². The highest BCUT2D eigenvalue weighted by Gasteiger charge is 2.39. The van der Waals surface area contributed by atoms with E-state index in [1.807, 2.05) is 6.07 Å². The van der Waals surface area contributed by atoms with E-state index in [2.05, 4.69) is 32.7 Å². The second kappa shape index (κ2) is 9.39. The second-order valence-electron chi connectivity index (χ2n) is 9.32. The van der Waals surface area contributed by atoms with E-state index in [-0.39, 0.29) is 24.1 Å². The van der Waals surface area contributed by atoms with Crippen molar-refractivity contribution in [2.24, 2.45) is 5.92 Å². The molecule has 8 heteroatoms. The summed E-state index contributed by atoms with van der Waals surface area (Å²) in [6.45, 7) is 1.14. The molecule has 172 valence electrons. The van der Waals surface area contributed by atoms with E-state index >= 15 is 0 Å².